The molecule has 0 saturated carbocycles. The van der Waals surface area contributed by atoms with Crippen molar-refractivity contribution >= 4 is 34.0 Å². The zero-order chi connectivity index (χ0) is 14.4. The molecule has 0 bridgehead atoms. The second-order valence-corrected chi connectivity index (χ2v) is 5.22. The third kappa shape index (κ3) is 3.95. The number of aromatic nitrogens is 1. The molecule has 0 saturated heterocycles. The van der Waals surface area contributed by atoms with Crippen LogP contribution in [0.1, 0.15) is 10.4 Å². The van der Waals surface area contributed by atoms with Crippen LogP contribution in [0.4, 0.5) is 5.13 Å². The minimum absolute atomic E-state index is 0.0849. The van der Waals surface area contributed by atoms with Gasteiger partial charge in [0.05, 0.1) is 6.54 Å². The Hall–Kier alpha value is -2.10. The van der Waals surface area contributed by atoms with Crippen molar-refractivity contribution in [1.82, 2.24) is 10.3 Å². The average molecular weight is 307 g/mol. The fourth-order valence-electron chi connectivity index (χ4n) is 1.46. The lowest BCUT2D eigenvalue weighted by Crippen LogP contribution is -2.29. The van der Waals surface area contributed by atoms with Gasteiger partial charge in [-0.1, -0.05) is 53.3 Å². The smallest absolute Gasteiger partial charge is 0.239 e. The number of hydrogen-bond donors (Lipinski definition) is 2. The Bertz CT molecular complexity index is 636. The van der Waals surface area contributed by atoms with Gasteiger partial charge in [-0.2, -0.15) is 5.26 Å². The van der Waals surface area contributed by atoms with Crippen molar-refractivity contribution < 1.29 is 4.79 Å². The van der Waals surface area contributed by atoms with E-state index >= 15 is 0 Å². The maximum absolute atomic E-state index is 11.7. The number of nitrogens with one attached hydrogen (secondary N) is 2. The molecule has 5 nitrogen and oxygen atoms in total. The van der Waals surface area contributed by atoms with E-state index in [0.29, 0.717) is 16.6 Å². The molecule has 0 radical (unpaired) electrons. The van der Waals surface area contributed by atoms with Gasteiger partial charge in [-0.25, -0.2) is 4.98 Å². The topological polar surface area (TPSA) is 77.8 Å². The van der Waals surface area contributed by atoms with Crippen LogP contribution in [0.3, 0.4) is 0 Å². The van der Waals surface area contributed by atoms with E-state index in [4.69, 9.17) is 16.9 Å². The van der Waals surface area contributed by atoms with Crippen molar-refractivity contribution in [1.29, 1.82) is 5.26 Å². The number of rotatable bonds is 5. The summed E-state index contributed by atoms with van der Waals surface area (Å²) in [5.41, 5.74) is 1.03. The Labute approximate surface area is 125 Å². The third-order valence-corrected chi connectivity index (χ3v) is 3.72. The number of anilines is 1. The standard InChI is InChI=1S/C13H11ClN4OS/c14-12-10(6-15)20-13(18-12)17-8-11(19)16-7-9-4-2-1-3-5-9/h1-5H,7-8H2,(H,16,19)(H,17,18). The highest BCUT2D eigenvalue weighted by Crippen LogP contribution is 2.25. The summed E-state index contributed by atoms with van der Waals surface area (Å²) in [7, 11) is 0. The first kappa shape index (κ1) is 14.3. The van der Waals surface area contributed by atoms with Crippen LogP contribution in [-0.2, 0) is 11.3 Å². The fraction of sp³-hybridized carbons (Fsp3) is 0.154. The van der Waals surface area contributed by atoms with Gasteiger partial charge in [0.1, 0.15) is 10.9 Å². The number of carbonyl (C=O) groups is 1. The Morgan fingerprint density at radius 3 is 2.80 bits per heavy atom. The van der Waals surface area contributed by atoms with Crippen LogP contribution in [-0.4, -0.2) is 17.4 Å². The summed E-state index contributed by atoms with van der Waals surface area (Å²) in [5.74, 6) is -0.154. The Morgan fingerprint density at radius 1 is 1.40 bits per heavy atom. The molecule has 1 heterocycles. The van der Waals surface area contributed by atoms with Crippen molar-refractivity contribution in [3.8, 4) is 6.07 Å². The molecular formula is C13H11ClN4OS. The van der Waals surface area contributed by atoms with Crippen molar-refractivity contribution in [3.05, 3.63) is 45.9 Å². The van der Waals surface area contributed by atoms with Crippen LogP contribution in [0.25, 0.3) is 0 Å². The molecule has 1 amide bonds. The monoisotopic (exact) mass is 306 g/mol. The first-order valence-corrected chi connectivity index (χ1v) is 6.99. The van der Waals surface area contributed by atoms with Crippen LogP contribution >= 0.6 is 22.9 Å². The number of halogens is 1. The lowest BCUT2D eigenvalue weighted by Gasteiger charge is -2.05. The highest BCUT2D eigenvalue weighted by molar-refractivity contribution is 7.16. The molecule has 0 aliphatic carbocycles. The average Bonchev–Trinajstić information content (AvgIpc) is 2.84. The molecule has 0 aliphatic rings. The van der Waals surface area contributed by atoms with Crippen molar-refractivity contribution in [2.45, 2.75) is 6.54 Å². The molecule has 0 fully saturated rings. The summed E-state index contributed by atoms with van der Waals surface area (Å²) in [4.78, 5) is 15.9. The Morgan fingerprint density at radius 2 is 2.15 bits per heavy atom. The zero-order valence-corrected chi connectivity index (χ0v) is 12.0. The maximum atomic E-state index is 11.7. The molecule has 1 aromatic carbocycles. The molecule has 1 aromatic heterocycles. The number of benzene rings is 1. The van der Waals surface area contributed by atoms with Gasteiger partial charge in [-0.15, -0.1) is 0 Å². The van der Waals surface area contributed by atoms with E-state index in [0.717, 1.165) is 16.9 Å². The summed E-state index contributed by atoms with van der Waals surface area (Å²) in [6.45, 7) is 0.560. The van der Waals surface area contributed by atoms with Crippen LogP contribution < -0.4 is 10.6 Å². The molecule has 0 atom stereocenters. The summed E-state index contributed by atoms with van der Waals surface area (Å²) >= 11 is 6.86. The number of thiazole rings is 1. The first-order chi connectivity index (χ1) is 9.69. The Kier molecular flexibility index (Phi) is 4.93. The van der Waals surface area contributed by atoms with Crippen LogP contribution in [0.15, 0.2) is 30.3 Å². The second kappa shape index (κ2) is 6.89. The predicted octanol–water partition coefficient (Wildman–Crippen LogP) is 2.40. The van der Waals surface area contributed by atoms with Gasteiger partial charge in [0, 0.05) is 6.54 Å². The van der Waals surface area contributed by atoms with Crippen molar-refractivity contribution in [2.24, 2.45) is 0 Å². The SMILES string of the molecule is N#Cc1sc(NCC(=O)NCc2ccccc2)nc1Cl. The summed E-state index contributed by atoms with van der Waals surface area (Å²) < 4.78 is 0. The normalized spacial score (nSPS) is 9.80. The minimum Gasteiger partial charge on any atom is -0.352 e. The van der Waals surface area contributed by atoms with E-state index in [2.05, 4.69) is 15.6 Å². The molecule has 0 unspecified atom stereocenters. The van der Waals surface area contributed by atoms with E-state index in [1.54, 1.807) is 0 Å². The van der Waals surface area contributed by atoms with E-state index < -0.39 is 0 Å². The van der Waals surface area contributed by atoms with E-state index in [1.165, 1.54) is 0 Å². The maximum Gasteiger partial charge on any atom is 0.239 e. The van der Waals surface area contributed by atoms with Gasteiger partial charge >= 0.3 is 0 Å². The lowest BCUT2D eigenvalue weighted by molar-refractivity contribution is -0.119. The Balaban J connectivity index is 1.79. The molecular weight excluding hydrogens is 296 g/mol. The largest absolute Gasteiger partial charge is 0.352 e. The van der Waals surface area contributed by atoms with Crippen molar-refractivity contribution in [2.75, 3.05) is 11.9 Å². The molecule has 20 heavy (non-hydrogen) atoms. The number of hydrogen-bond acceptors (Lipinski definition) is 5. The number of nitrogens with zero attached hydrogens (tertiary/aromatic N) is 2. The van der Waals surface area contributed by atoms with Gasteiger partial charge in [0.2, 0.25) is 5.91 Å². The van der Waals surface area contributed by atoms with Crippen LogP contribution in [0, 0.1) is 11.3 Å². The summed E-state index contributed by atoms with van der Waals surface area (Å²) in [5, 5.41) is 15.0. The van der Waals surface area contributed by atoms with Crippen molar-refractivity contribution in [3.63, 3.8) is 0 Å². The van der Waals surface area contributed by atoms with Gasteiger partial charge in [-0.05, 0) is 5.56 Å². The van der Waals surface area contributed by atoms with E-state index in [-0.39, 0.29) is 17.6 Å². The molecule has 7 heteroatoms. The van der Waals surface area contributed by atoms with Gasteiger partial charge in [0.25, 0.3) is 0 Å². The molecule has 2 rings (SSSR count). The highest BCUT2D eigenvalue weighted by atomic mass is 35.5. The number of carbonyl (C=O) groups excluding carboxylic acids is 1. The molecule has 0 aliphatic heterocycles. The summed E-state index contributed by atoms with van der Waals surface area (Å²) in [6, 6.07) is 11.6. The predicted molar refractivity (Wildman–Crippen MR) is 78.6 cm³/mol. The fourth-order valence-corrected chi connectivity index (χ4v) is 2.40. The molecule has 0 spiro atoms. The van der Waals surface area contributed by atoms with Gasteiger partial charge in [-0.3, -0.25) is 4.79 Å². The molecule has 2 N–H and O–H groups in total. The highest BCUT2D eigenvalue weighted by Gasteiger charge is 2.09. The van der Waals surface area contributed by atoms with E-state index in [1.807, 2.05) is 36.4 Å². The summed E-state index contributed by atoms with van der Waals surface area (Å²) in [6.07, 6.45) is 0. The quantitative estimate of drug-likeness (QED) is 0.889. The minimum atomic E-state index is -0.154. The molecule has 2 aromatic rings. The second-order valence-electron chi connectivity index (χ2n) is 3.87. The zero-order valence-electron chi connectivity index (χ0n) is 10.4. The van der Waals surface area contributed by atoms with Gasteiger partial charge in [0.15, 0.2) is 10.3 Å². The first-order valence-electron chi connectivity index (χ1n) is 5.80. The van der Waals surface area contributed by atoms with Crippen LogP contribution in [0.2, 0.25) is 5.15 Å². The molecule has 102 valence electrons. The third-order valence-electron chi connectivity index (χ3n) is 2.42. The number of nitriles is 1. The van der Waals surface area contributed by atoms with E-state index in [9.17, 15) is 4.79 Å². The number of amides is 1. The van der Waals surface area contributed by atoms with Gasteiger partial charge < -0.3 is 10.6 Å². The van der Waals surface area contributed by atoms with Crippen LogP contribution in [0.5, 0.6) is 0 Å². The lowest BCUT2D eigenvalue weighted by atomic mass is 10.2.